The van der Waals surface area contributed by atoms with E-state index >= 15 is 0 Å². The summed E-state index contributed by atoms with van der Waals surface area (Å²) in [6.45, 7) is 4.25. The van der Waals surface area contributed by atoms with Gasteiger partial charge in [-0.3, -0.25) is 4.90 Å². The van der Waals surface area contributed by atoms with Gasteiger partial charge in [0, 0.05) is 24.8 Å². The van der Waals surface area contributed by atoms with Gasteiger partial charge in [-0.1, -0.05) is 0 Å². The normalized spacial score (nSPS) is 17.4. The van der Waals surface area contributed by atoms with Gasteiger partial charge in [0.1, 0.15) is 5.76 Å². The molecule has 0 unspecified atom stereocenters. The molecule has 1 aromatic heterocycles. The van der Waals surface area contributed by atoms with E-state index < -0.39 is 0 Å². The molecule has 24 heavy (non-hydrogen) atoms. The molecule has 1 aliphatic heterocycles. The average molecular weight is 330 g/mol. The van der Waals surface area contributed by atoms with Gasteiger partial charge in [-0.2, -0.15) is 0 Å². The van der Waals surface area contributed by atoms with Crippen molar-refractivity contribution in [3.8, 4) is 11.5 Å². The van der Waals surface area contributed by atoms with E-state index in [9.17, 15) is 4.79 Å². The van der Waals surface area contributed by atoms with Gasteiger partial charge >= 0.3 is 5.97 Å². The maximum absolute atomic E-state index is 11.5. The zero-order valence-electron chi connectivity index (χ0n) is 14.2. The average Bonchev–Trinajstić information content (AvgIpc) is 3.25. The first-order chi connectivity index (χ1) is 11.6. The third kappa shape index (κ3) is 3.49. The zero-order chi connectivity index (χ0) is 17.1. The maximum atomic E-state index is 11.5. The van der Waals surface area contributed by atoms with Crippen molar-refractivity contribution in [2.45, 2.75) is 25.9 Å². The van der Waals surface area contributed by atoms with E-state index in [1.807, 2.05) is 19.1 Å². The van der Waals surface area contributed by atoms with Crippen molar-refractivity contribution in [3.63, 3.8) is 0 Å². The first kappa shape index (κ1) is 16.7. The molecule has 6 heteroatoms. The molecule has 0 radical (unpaired) electrons. The lowest BCUT2D eigenvalue weighted by atomic mass is 10.1. The van der Waals surface area contributed by atoms with Crippen LogP contribution in [0.25, 0.3) is 11.5 Å². The Bertz CT molecular complexity index is 702. The Kier molecular flexibility index (Phi) is 4.97. The number of oxazole rings is 1. The second kappa shape index (κ2) is 7.15. The van der Waals surface area contributed by atoms with E-state index in [1.54, 1.807) is 12.1 Å². The lowest BCUT2D eigenvalue weighted by Gasteiger charge is -2.21. The molecular weight excluding hydrogens is 308 g/mol. The molecule has 2 heterocycles. The van der Waals surface area contributed by atoms with E-state index in [1.165, 1.54) is 7.11 Å². The molecule has 3 rings (SSSR count). The number of benzene rings is 1. The molecule has 0 amide bonds. The fourth-order valence-corrected chi connectivity index (χ4v) is 2.80. The highest BCUT2D eigenvalue weighted by molar-refractivity contribution is 5.89. The molecule has 0 bridgehead atoms. The molecule has 1 aliphatic rings. The van der Waals surface area contributed by atoms with Gasteiger partial charge in [-0.25, -0.2) is 9.78 Å². The highest BCUT2D eigenvalue weighted by atomic mass is 16.5. The summed E-state index contributed by atoms with van der Waals surface area (Å²) in [5.41, 5.74) is 2.27. The van der Waals surface area contributed by atoms with Gasteiger partial charge in [0.15, 0.2) is 0 Å². The Morgan fingerprint density at radius 3 is 2.75 bits per heavy atom. The number of methoxy groups -OCH3 is 1. The predicted octanol–water partition coefficient (Wildman–Crippen LogP) is 2.66. The van der Waals surface area contributed by atoms with Crippen molar-refractivity contribution in [1.29, 1.82) is 0 Å². The Balaban J connectivity index is 1.74. The number of ether oxygens (including phenoxy) is 2. The minimum absolute atomic E-state index is 0.355. The van der Waals surface area contributed by atoms with E-state index in [0.29, 0.717) is 17.5 Å². The summed E-state index contributed by atoms with van der Waals surface area (Å²) in [6.07, 6.45) is 1.05. The number of rotatable bonds is 5. The lowest BCUT2D eigenvalue weighted by molar-refractivity contribution is 0.0600. The number of aryl methyl sites for hydroxylation is 1. The first-order valence-corrected chi connectivity index (χ1v) is 8.01. The summed E-state index contributed by atoms with van der Waals surface area (Å²) in [7, 11) is 3.45. The highest BCUT2D eigenvalue weighted by Gasteiger charge is 2.22. The molecule has 128 valence electrons. The van der Waals surface area contributed by atoms with Crippen molar-refractivity contribution in [3.05, 3.63) is 41.3 Å². The van der Waals surface area contributed by atoms with Crippen LogP contribution >= 0.6 is 0 Å². The largest absolute Gasteiger partial charge is 0.465 e. The topological polar surface area (TPSA) is 64.8 Å². The van der Waals surface area contributed by atoms with Crippen LogP contribution in [0.1, 0.15) is 28.2 Å². The van der Waals surface area contributed by atoms with Crippen LogP contribution in [0, 0.1) is 6.92 Å². The highest BCUT2D eigenvalue weighted by Crippen LogP contribution is 2.24. The lowest BCUT2D eigenvalue weighted by Crippen LogP contribution is -2.31. The van der Waals surface area contributed by atoms with Crippen LogP contribution in [0.15, 0.2) is 28.7 Å². The Hall–Kier alpha value is -2.18. The fraction of sp³-hybridized carbons (Fsp3) is 0.444. The van der Waals surface area contributed by atoms with E-state index in [4.69, 9.17) is 13.9 Å². The molecule has 1 saturated heterocycles. The molecule has 0 N–H and O–H groups in total. The number of hydrogen-bond acceptors (Lipinski definition) is 6. The molecule has 2 aromatic rings. The number of carbonyl (C=O) groups excluding carboxylic acids is 1. The van der Waals surface area contributed by atoms with Gasteiger partial charge in [-0.15, -0.1) is 0 Å². The van der Waals surface area contributed by atoms with Crippen LogP contribution in [0.3, 0.4) is 0 Å². The van der Waals surface area contributed by atoms with Gasteiger partial charge < -0.3 is 13.9 Å². The minimum Gasteiger partial charge on any atom is -0.465 e. The van der Waals surface area contributed by atoms with Crippen molar-refractivity contribution < 1.29 is 18.7 Å². The summed E-state index contributed by atoms with van der Waals surface area (Å²) < 4.78 is 15.9. The summed E-state index contributed by atoms with van der Waals surface area (Å²) >= 11 is 0. The third-order valence-corrected chi connectivity index (χ3v) is 4.37. The van der Waals surface area contributed by atoms with Crippen molar-refractivity contribution in [2.75, 3.05) is 27.4 Å². The number of likely N-dealkylation sites (N-methyl/N-ethyl adjacent to an activating group) is 1. The Morgan fingerprint density at radius 2 is 2.12 bits per heavy atom. The van der Waals surface area contributed by atoms with Crippen LogP contribution in [-0.2, 0) is 16.0 Å². The number of aromatic nitrogens is 1. The summed E-state index contributed by atoms with van der Waals surface area (Å²) in [4.78, 5) is 18.4. The third-order valence-electron chi connectivity index (χ3n) is 4.37. The second-order valence-electron chi connectivity index (χ2n) is 6.02. The number of hydrogen-bond donors (Lipinski definition) is 0. The van der Waals surface area contributed by atoms with Crippen molar-refractivity contribution in [2.24, 2.45) is 0 Å². The quantitative estimate of drug-likeness (QED) is 0.785. The summed E-state index contributed by atoms with van der Waals surface area (Å²) in [6, 6.07) is 7.49. The van der Waals surface area contributed by atoms with Gasteiger partial charge in [0.2, 0.25) is 5.89 Å². The SMILES string of the molecule is COC(=O)c1ccc(-c2nc(CN(C)[C@@H]3CCOC3)c(C)o2)cc1. The Morgan fingerprint density at radius 1 is 1.38 bits per heavy atom. The molecule has 1 aromatic carbocycles. The van der Waals surface area contributed by atoms with Crippen molar-refractivity contribution >= 4 is 5.97 Å². The molecule has 0 aliphatic carbocycles. The standard InChI is InChI=1S/C18H22N2O4/c1-12-16(10-20(2)15-8-9-23-11-15)19-17(24-12)13-4-6-14(7-5-13)18(21)22-3/h4-7,15H,8-11H2,1-3H3/t15-/m1/s1. The fourth-order valence-electron chi connectivity index (χ4n) is 2.80. The van der Waals surface area contributed by atoms with Crippen LogP contribution in [-0.4, -0.2) is 49.3 Å². The molecule has 1 atom stereocenters. The monoisotopic (exact) mass is 330 g/mol. The molecular formula is C18H22N2O4. The zero-order valence-corrected chi connectivity index (χ0v) is 14.2. The van der Waals surface area contributed by atoms with Gasteiger partial charge in [0.25, 0.3) is 0 Å². The van der Waals surface area contributed by atoms with Crippen LogP contribution in [0.2, 0.25) is 0 Å². The van der Waals surface area contributed by atoms with Crippen LogP contribution in [0.5, 0.6) is 0 Å². The maximum Gasteiger partial charge on any atom is 0.337 e. The Labute approximate surface area is 141 Å². The van der Waals surface area contributed by atoms with Gasteiger partial charge in [0.05, 0.1) is 25.0 Å². The predicted molar refractivity (Wildman–Crippen MR) is 88.7 cm³/mol. The summed E-state index contributed by atoms with van der Waals surface area (Å²) in [5, 5.41) is 0. The molecule has 0 saturated carbocycles. The van der Waals surface area contributed by atoms with Crippen molar-refractivity contribution in [1.82, 2.24) is 9.88 Å². The van der Waals surface area contributed by atoms with Crippen LogP contribution in [0.4, 0.5) is 0 Å². The smallest absolute Gasteiger partial charge is 0.337 e. The first-order valence-electron chi connectivity index (χ1n) is 8.01. The van der Waals surface area contributed by atoms with E-state index in [-0.39, 0.29) is 5.97 Å². The minimum atomic E-state index is -0.355. The number of carbonyl (C=O) groups is 1. The number of nitrogens with zero attached hydrogens (tertiary/aromatic N) is 2. The molecule has 1 fully saturated rings. The molecule has 0 spiro atoms. The van der Waals surface area contributed by atoms with E-state index in [2.05, 4.69) is 16.9 Å². The van der Waals surface area contributed by atoms with E-state index in [0.717, 1.165) is 43.2 Å². The molecule has 6 nitrogen and oxygen atoms in total. The number of esters is 1. The van der Waals surface area contributed by atoms with Crippen LogP contribution < -0.4 is 0 Å². The second-order valence-corrected chi connectivity index (χ2v) is 6.02. The summed E-state index contributed by atoms with van der Waals surface area (Å²) in [5.74, 6) is 1.02. The van der Waals surface area contributed by atoms with Gasteiger partial charge in [-0.05, 0) is 44.7 Å².